The molecule has 0 saturated carbocycles. The highest BCUT2D eigenvalue weighted by molar-refractivity contribution is 6.01. The fourth-order valence-corrected chi connectivity index (χ4v) is 4.06. The van der Waals surface area contributed by atoms with E-state index < -0.39 is 11.9 Å². The van der Waals surface area contributed by atoms with Gasteiger partial charge in [-0.15, -0.1) is 5.10 Å². The summed E-state index contributed by atoms with van der Waals surface area (Å²) in [5.74, 6) is -0.171. The van der Waals surface area contributed by atoms with Gasteiger partial charge in [-0.05, 0) is 66.4 Å². The highest BCUT2D eigenvalue weighted by Crippen LogP contribution is 2.30. The minimum atomic E-state index is -1.04. The van der Waals surface area contributed by atoms with Gasteiger partial charge in [0, 0.05) is 12.2 Å². The van der Waals surface area contributed by atoms with E-state index in [1.54, 1.807) is 31.4 Å². The quantitative estimate of drug-likeness (QED) is 0.344. The molecule has 4 rings (SSSR count). The number of carbonyl (C=O) groups is 2. The third-order valence-electron chi connectivity index (χ3n) is 6.04. The van der Waals surface area contributed by atoms with Crippen molar-refractivity contribution in [3.63, 3.8) is 0 Å². The number of ether oxygens (including phenoxy) is 1. The van der Waals surface area contributed by atoms with Gasteiger partial charge in [0.05, 0.1) is 12.6 Å². The predicted molar refractivity (Wildman–Crippen MR) is 140 cm³/mol. The van der Waals surface area contributed by atoms with E-state index in [-0.39, 0.29) is 18.4 Å². The molecule has 192 valence electrons. The molecule has 0 radical (unpaired) electrons. The zero-order chi connectivity index (χ0) is 26.4. The van der Waals surface area contributed by atoms with Crippen LogP contribution in [0.1, 0.15) is 31.9 Å². The molecule has 8 nitrogen and oxygen atoms in total. The van der Waals surface area contributed by atoms with Crippen LogP contribution in [-0.2, 0) is 16.1 Å². The van der Waals surface area contributed by atoms with E-state index in [2.05, 4.69) is 29.5 Å². The molecule has 9 heteroatoms. The Labute approximate surface area is 215 Å². The standard InChI is InChI=1S/C28H30FN5O3/c1-19(2)16-17-30-28(36)27(20-8-10-21(29)11-9-20)34(22-12-14-23(37-3)15-13-22)26(35)18-33-25-7-5-4-6-24(25)31-32-33/h4-15,19,27H,16-18H2,1-3H3,(H,30,36)/t27-/m1/s1. The molecule has 0 bridgehead atoms. The zero-order valence-electron chi connectivity index (χ0n) is 21.1. The number of benzene rings is 3. The molecule has 37 heavy (non-hydrogen) atoms. The van der Waals surface area contributed by atoms with Crippen molar-refractivity contribution in [1.82, 2.24) is 20.3 Å². The number of nitrogens with one attached hydrogen (secondary N) is 1. The lowest BCUT2D eigenvalue weighted by atomic mass is 10.0. The van der Waals surface area contributed by atoms with E-state index in [9.17, 15) is 14.0 Å². The Bertz CT molecular complexity index is 1350. The van der Waals surface area contributed by atoms with Crippen molar-refractivity contribution >= 4 is 28.5 Å². The van der Waals surface area contributed by atoms with Crippen molar-refractivity contribution in [1.29, 1.82) is 0 Å². The van der Waals surface area contributed by atoms with Gasteiger partial charge in [0.2, 0.25) is 11.8 Å². The minimum Gasteiger partial charge on any atom is -0.497 e. The lowest BCUT2D eigenvalue weighted by Gasteiger charge is -2.31. The molecule has 1 aromatic heterocycles. The Morgan fingerprint density at radius 3 is 2.41 bits per heavy atom. The van der Waals surface area contributed by atoms with Gasteiger partial charge in [0.15, 0.2) is 0 Å². The SMILES string of the molecule is COc1ccc(N(C(=O)Cn2nnc3ccccc32)[C@@H](C(=O)NCCC(C)C)c2ccc(F)cc2)cc1. The molecule has 3 aromatic carbocycles. The number of halogens is 1. The molecule has 0 spiro atoms. The first-order chi connectivity index (χ1) is 17.9. The molecule has 4 aromatic rings. The molecule has 2 amide bonds. The van der Waals surface area contributed by atoms with E-state index in [1.807, 2.05) is 24.3 Å². The summed E-state index contributed by atoms with van der Waals surface area (Å²) >= 11 is 0. The summed E-state index contributed by atoms with van der Waals surface area (Å²) in [4.78, 5) is 29.0. The Hall–Kier alpha value is -4.27. The van der Waals surface area contributed by atoms with Crippen LogP contribution < -0.4 is 15.0 Å². The Balaban J connectivity index is 1.76. The van der Waals surface area contributed by atoms with Crippen LogP contribution in [0.25, 0.3) is 11.0 Å². The number of para-hydroxylation sites is 1. The van der Waals surface area contributed by atoms with Gasteiger partial charge in [0.25, 0.3) is 0 Å². The van der Waals surface area contributed by atoms with Crippen molar-refractivity contribution in [3.05, 3.63) is 84.2 Å². The van der Waals surface area contributed by atoms with Crippen molar-refractivity contribution in [2.75, 3.05) is 18.6 Å². The van der Waals surface area contributed by atoms with Crippen LogP contribution >= 0.6 is 0 Å². The van der Waals surface area contributed by atoms with E-state index in [1.165, 1.54) is 33.8 Å². The molecule has 0 saturated heterocycles. The monoisotopic (exact) mass is 503 g/mol. The van der Waals surface area contributed by atoms with Gasteiger partial charge in [0.1, 0.15) is 29.7 Å². The summed E-state index contributed by atoms with van der Waals surface area (Å²) in [5, 5.41) is 11.2. The summed E-state index contributed by atoms with van der Waals surface area (Å²) in [5.41, 5.74) is 2.33. The average Bonchev–Trinajstić information content (AvgIpc) is 3.30. The Morgan fingerprint density at radius 1 is 1.03 bits per heavy atom. The Kier molecular flexibility index (Phi) is 8.12. The van der Waals surface area contributed by atoms with Crippen molar-refractivity contribution < 1.29 is 18.7 Å². The van der Waals surface area contributed by atoms with Crippen LogP contribution in [0.4, 0.5) is 10.1 Å². The number of amides is 2. The second kappa shape index (κ2) is 11.6. The Morgan fingerprint density at radius 2 is 1.73 bits per heavy atom. The van der Waals surface area contributed by atoms with Crippen molar-refractivity contribution in [2.45, 2.75) is 32.9 Å². The van der Waals surface area contributed by atoms with Crippen molar-refractivity contribution in [2.24, 2.45) is 5.92 Å². The molecule has 1 heterocycles. The number of fused-ring (bicyclic) bond motifs is 1. The summed E-state index contributed by atoms with van der Waals surface area (Å²) in [6.07, 6.45) is 0.781. The zero-order valence-corrected chi connectivity index (χ0v) is 21.1. The van der Waals surface area contributed by atoms with Gasteiger partial charge < -0.3 is 10.1 Å². The number of rotatable bonds is 10. The second-order valence-electron chi connectivity index (χ2n) is 9.13. The fourth-order valence-electron chi connectivity index (χ4n) is 4.06. The van der Waals surface area contributed by atoms with E-state index in [0.717, 1.165) is 6.42 Å². The number of anilines is 1. The highest BCUT2D eigenvalue weighted by Gasteiger charge is 2.33. The number of nitrogens with zero attached hydrogens (tertiary/aromatic N) is 4. The molecule has 0 aliphatic carbocycles. The van der Waals surface area contributed by atoms with Gasteiger partial charge in [-0.2, -0.15) is 0 Å². The molecular weight excluding hydrogens is 473 g/mol. The van der Waals surface area contributed by atoms with Crippen molar-refractivity contribution in [3.8, 4) is 5.75 Å². The number of hydrogen-bond donors (Lipinski definition) is 1. The largest absolute Gasteiger partial charge is 0.497 e. The number of hydrogen-bond acceptors (Lipinski definition) is 5. The smallest absolute Gasteiger partial charge is 0.249 e. The van der Waals surface area contributed by atoms with Crippen LogP contribution in [-0.4, -0.2) is 40.5 Å². The number of methoxy groups -OCH3 is 1. The van der Waals surface area contributed by atoms with Gasteiger partial charge in [-0.3, -0.25) is 14.5 Å². The van der Waals surface area contributed by atoms with E-state index in [4.69, 9.17) is 4.74 Å². The normalized spacial score (nSPS) is 11.9. The average molecular weight is 504 g/mol. The van der Waals surface area contributed by atoms with E-state index in [0.29, 0.717) is 40.5 Å². The summed E-state index contributed by atoms with van der Waals surface area (Å²) in [7, 11) is 1.55. The van der Waals surface area contributed by atoms with Crippen LogP contribution in [0, 0.1) is 11.7 Å². The molecule has 0 unspecified atom stereocenters. The first-order valence-corrected chi connectivity index (χ1v) is 12.1. The maximum absolute atomic E-state index is 13.9. The molecular formula is C28H30FN5O3. The number of aromatic nitrogens is 3. The molecule has 0 aliphatic rings. The van der Waals surface area contributed by atoms with E-state index >= 15 is 0 Å². The molecule has 1 atom stereocenters. The second-order valence-corrected chi connectivity index (χ2v) is 9.13. The fraction of sp³-hybridized carbons (Fsp3) is 0.286. The van der Waals surface area contributed by atoms with Gasteiger partial charge in [-0.25, -0.2) is 9.07 Å². The van der Waals surface area contributed by atoms with Gasteiger partial charge in [-0.1, -0.05) is 43.3 Å². The molecule has 0 aliphatic heterocycles. The maximum Gasteiger partial charge on any atom is 0.249 e. The predicted octanol–water partition coefficient (Wildman–Crippen LogP) is 4.52. The third-order valence-corrected chi connectivity index (χ3v) is 6.04. The summed E-state index contributed by atoms with van der Waals surface area (Å²) < 4.78 is 20.6. The van der Waals surface area contributed by atoms with Crippen LogP contribution in [0.3, 0.4) is 0 Å². The third kappa shape index (κ3) is 6.11. The molecule has 1 N–H and O–H groups in total. The van der Waals surface area contributed by atoms with Gasteiger partial charge >= 0.3 is 0 Å². The maximum atomic E-state index is 13.9. The first-order valence-electron chi connectivity index (χ1n) is 12.1. The van der Waals surface area contributed by atoms with Crippen LogP contribution in [0.5, 0.6) is 5.75 Å². The molecule has 0 fully saturated rings. The highest BCUT2D eigenvalue weighted by atomic mass is 19.1. The minimum absolute atomic E-state index is 0.149. The van der Waals surface area contributed by atoms with Crippen LogP contribution in [0.2, 0.25) is 0 Å². The lowest BCUT2D eigenvalue weighted by molar-refractivity contribution is -0.127. The van der Waals surface area contributed by atoms with Crippen LogP contribution in [0.15, 0.2) is 72.8 Å². The topological polar surface area (TPSA) is 89.3 Å². The summed E-state index contributed by atoms with van der Waals surface area (Å²) in [6.45, 7) is 4.44. The lowest BCUT2D eigenvalue weighted by Crippen LogP contribution is -2.45. The number of carbonyl (C=O) groups excluding carboxylic acids is 2. The first kappa shape index (κ1) is 25.8. The summed E-state index contributed by atoms with van der Waals surface area (Å²) in [6, 6.07) is 18.8.